The van der Waals surface area contributed by atoms with E-state index in [9.17, 15) is 14.9 Å². The topological polar surface area (TPSA) is 72.2 Å². The van der Waals surface area contributed by atoms with Gasteiger partial charge in [-0.3, -0.25) is 14.9 Å². The third-order valence-electron chi connectivity index (χ3n) is 2.50. The van der Waals surface area contributed by atoms with E-state index in [0.29, 0.717) is 23.0 Å². The molecule has 0 aliphatic rings. The molecule has 1 amide bonds. The molecule has 5 nitrogen and oxygen atoms in total. The summed E-state index contributed by atoms with van der Waals surface area (Å²) in [7, 11) is 0. The Morgan fingerprint density at radius 3 is 2.78 bits per heavy atom. The smallest absolute Gasteiger partial charge is 0.274 e. The van der Waals surface area contributed by atoms with Gasteiger partial charge in [-0.15, -0.1) is 0 Å². The summed E-state index contributed by atoms with van der Waals surface area (Å²) in [5.41, 5.74) is 0.850. The van der Waals surface area contributed by atoms with Crippen molar-refractivity contribution in [3.8, 4) is 0 Å². The Morgan fingerprint density at radius 2 is 2.22 bits per heavy atom. The van der Waals surface area contributed by atoms with Crippen LogP contribution in [-0.2, 0) is 5.33 Å². The molecule has 0 fully saturated rings. The quantitative estimate of drug-likeness (QED) is 0.379. The normalized spacial score (nSPS) is 10.1. The summed E-state index contributed by atoms with van der Waals surface area (Å²) in [6, 6.07) is 4.52. The zero-order valence-corrected chi connectivity index (χ0v) is 11.7. The summed E-state index contributed by atoms with van der Waals surface area (Å²) in [4.78, 5) is 22.1. The van der Waals surface area contributed by atoms with Gasteiger partial charge in [0.1, 0.15) is 0 Å². The number of unbranched alkanes of at least 4 members (excludes halogenated alkanes) is 1. The average Bonchev–Trinajstić information content (AvgIpc) is 2.38. The van der Waals surface area contributed by atoms with Gasteiger partial charge in [-0.05, 0) is 12.5 Å². The van der Waals surface area contributed by atoms with Crippen LogP contribution in [0.1, 0.15) is 35.7 Å². The number of nitrogens with zero attached hydrogens (tertiary/aromatic N) is 1. The minimum absolute atomic E-state index is 0.0324. The number of nitro benzene ring substituents is 1. The summed E-state index contributed by atoms with van der Waals surface area (Å²) >= 11 is 3.18. The van der Waals surface area contributed by atoms with Gasteiger partial charge in [0.05, 0.1) is 4.92 Å². The van der Waals surface area contributed by atoms with E-state index in [1.807, 2.05) is 6.92 Å². The molecule has 0 radical (unpaired) electrons. The maximum Gasteiger partial charge on any atom is 0.274 e. The highest BCUT2D eigenvalue weighted by Crippen LogP contribution is 2.22. The Morgan fingerprint density at radius 1 is 1.50 bits per heavy atom. The number of rotatable bonds is 6. The molecule has 0 bridgehead atoms. The second-order valence-corrected chi connectivity index (χ2v) is 4.40. The molecule has 0 saturated heterocycles. The van der Waals surface area contributed by atoms with Crippen LogP contribution in [0.15, 0.2) is 18.2 Å². The molecule has 1 N–H and O–H groups in total. The largest absolute Gasteiger partial charge is 0.352 e. The van der Waals surface area contributed by atoms with E-state index in [2.05, 4.69) is 21.2 Å². The zero-order chi connectivity index (χ0) is 13.5. The van der Waals surface area contributed by atoms with Gasteiger partial charge in [0.15, 0.2) is 0 Å². The van der Waals surface area contributed by atoms with E-state index in [-0.39, 0.29) is 11.6 Å². The first-order valence-corrected chi connectivity index (χ1v) is 6.83. The van der Waals surface area contributed by atoms with E-state index < -0.39 is 4.92 Å². The summed E-state index contributed by atoms with van der Waals surface area (Å²) in [5, 5.41) is 14.0. The van der Waals surface area contributed by atoms with Gasteiger partial charge in [-0.2, -0.15) is 0 Å². The van der Waals surface area contributed by atoms with Crippen molar-refractivity contribution in [1.29, 1.82) is 0 Å². The van der Waals surface area contributed by atoms with Crippen LogP contribution < -0.4 is 5.32 Å². The number of nitro groups is 1. The second-order valence-electron chi connectivity index (χ2n) is 3.84. The van der Waals surface area contributed by atoms with E-state index in [1.165, 1.54) is 6.07 Å². The number of amides is 1. The number of carbonyl (C=O) groups is 1. The molecule has 1 aromatic carbocycles. The zero-order valence-electron chi connectivity index (χ0n) is 10.1. The molecular formula is C12H15BrN2O3. The van der Waals surface area contributed by atoms with Crippen molar-refractivity contribution in [3.63, 3.8) is 0 Å². The number of carbonyl (C=O) groups excluding carboxylic acids is 1. The molecule has 0 heterocycles. The number of alkyl halides is 1. The van der Waals surface area contributed by atoms with Crippen LogP contribution in [0.3, 0.4) is 0 Å². The van der Waals surface area contributed by atoms with Crippen molar-refractivity contribution in [1.82, 2.24) is 5.32 Å². The van der Waals surface area contributed by atoms with Gasteiger partial charge in [0.2, 0.25) is 0 Å². The first-order valence-electron chi connectivity index (χ1n) is 5.71. The molecule has 0 atom stereocenters. The van der Waals surface area contributed by atoms with E-state index >= 15 is 0 Å². The first-order chi connectivity index (χ1) is 8.60. The number of nitrogens with one attached hydrogen (secondary N) is 1. The fourth-order valence-corrected chi connectivity index (χ4v) is 1.94. The Hall–Kier alpha value is -1.43. The van der Waals surface area contributed by atoms with E-state index in [0.717, 1.165) is 12.8 Å². The van der Waals surface area contributed by atoms with Crippen LogP contribution in [-0.4, -0.2) is 17.4 Å². The van der Waals surface area contributed by atoms with Crippen molar-refractivity contribution in [3.05, 3.63) is 39.4 Å². The molecule has 0 aliphatic heterocycles. The Bertz CT molecular complexity index is 449. The van der Waals surface area contributed by atoms with Crippen LogP contribution in [0.5, 0.6) is 0 Å². The fraction of sp³-hybridized carbons (Fsp3) is 0.417. The number of hydrogen-bond donors (Lipinski definition) is 1. The number of halogens is 1. The van der Waals surface area contributed by atoms with E-state index in [4.69, 9.17) is 0 Å². The van der Waals surface area contributed by atoms with E-state index in [1.54, 1.807) is 12.1 Å². The summed E-state index contributed by atoms with van der Waals surface area (Å²) in [6.07, 6.45) is 1.89. The van der Waals surface area contributed by atoms with Crippen molar-refractivity contribution < 1.29 is 9.72 Å². The minimum Gasteiger partial charge on any atom is -0.352 e. The van der Waals surface area contributed by atoms with Gasteiger partial charge in [-0.25, -0.2) is 0 Å². The van der Waals surface area contributed by atoms with Gasteiger partial charge < -0.3 is 5.32 Å². The molecule has 0 aromatic heterocycles. The Labute approximate surface area is 114 Å². The summed E-state index contributed by atoms with van der Waals surface area (Å²) in [6.45, 7) is 2.62. The standard InChI is InChI=1S/C12H15BrN2O3/c1-2-3-6-14-12(16)9-4-5-10(8-13)11(7-9)15(17)18/h4-5,7H,2-3,6,8H2,1H3,(H,14,16). The Balaban J connectivity index is 2.87. The number of hydrogen-bond acceptors (Lipinski definition) is 3. The molecule has 0 aliphatic carbocycles. The second kappa shape index (κ2) is 7.10. The molecule has 6 heteroatoms. The molecule has 1 aromatic rings. The van der Waals surface area contributed by atoms with Crippen molar-refractivity contribution >= 4 is 27.5 Å². The summed E-state index contributed by atoms with van der Waals surface area (Å²) in [5.74, 6) is -0.271. The molecule has 18 heavy (non-hydrogen) atoms. The van der Waals surface area contributed by atoms with Crippen LogP contribution in [0.2, 0.25) is 0 Å². The first kappa shape index (κ1) is 14.6. The molecule has 0 saturated carbocycles. The molecule has 0 spiro atoms. The highest BCUT2D eigenvalue weighted by Gasteiger charge is 2.16. The number of benzene rings is 1. The molecule has 1 rings (SSSR count). The lowest BCUT2D eigenvalue weighted by Crippen LogP contribution is -2.24. The predicted molar refractivity (Wildman–Crippen MR) is 73.0 cm³/mol. The maximum absolute atomic E-state index is 11.7. The van der Waals surface area contributed by atoms with Crippen LogP contribution in [0.4, 0.5) is 5.69 Å². The van der Waals surface area contributed by atoms with Crippen LogP contribution in [0.25, 0.3) is 0 Å². The third kappa shape index (κ3) is 3.80. The Kier molecular flexibility index (Phi) is 5.77. The van der Waals surface area contributed by atoms with Crippen molar-refractivity contribution in [2.24, 2.45) is 0 Å². The van der Waals surface area contributed by atoms with Crippen molar-refractivity contribution in [2.45, 2.75) is 25.1 Å². The maximum atomic E-state index is 11.7. The molecule has 98 valence electrons. The monoisotopic (exact) mass is 314 g/mol. The van der Waals surface area contributed by atoms with Crippen molar-refractivity contribution in [2.75, 3.05) is 6.54 Å². The van der Waals surface area contributed by atoms with Crippen LogP contribution >= 0.6 is 15.9 Å². The SMILES string of the molecule is CCCCNC(=O)c1ccc(CBr)c([N+](=O)[O-])c1. The average molecular weight is 315 g/mol. The lowest BCUT2D eigenvalue weighted by molar-refractivity contribution is -0.385. The predicted octanol–water partition coefficient (Wildman–Crippen LogP) is 3.02. The summed E-state index contributed by atoms with van der Waals surface area (Å²) < 4.78 is 0. The lowest BCUT2D eigenvalue weighted by Gasteiger charge is -2.05. The van der Waals surface area contributed by atoms with Crippen LogP contribution in [0, 0.1) is 10.1 Å². The van der Waals surface area contributed by atoms with Gasteiger partial charge in [0, 0.05) is 29.1 Å². The van der Waals surface area contributed by atoms with Gasteiger partial charge >= 0.3 is 0 Å². The fourth-order valence-electron chi connectivity index (χ4n) is 1.47. The molecule has 0 unspecified atom stereocenters. The molecular weight excluding hydrogens is 300 g/mol. The van der Waals surface area contributed by atoms with Gasteiger partial charge in [0.25, 0.3) is 11.6 Å². The highest BCUT2D eigenvalue weighted by molar-refractivity contribution is 9.08. The lowest BCUT2D eigenvalue weighted by atomic mass is 10.1. The third-order valence-corrected chi connectivity index (χ3v) is 3.11. The van der Waals surface area contributed by atoms with Gasteiger partial charge in [-0.1, -0.05) is 35.3 Å². The highest BCUT2D eigenvalue weighted by atomic mass is 79.9. The minimum atomic E-state index is -0.473.